The van der Waals surface area contributed by atoms with Crippen LogP contribution in [0.3, 0.4) is 0 Å². The van der Waals surface area contributed by atoms with Crippen LogP contribution in [0.2, 0.25) is 0 Å². The molecule has 7 nitrogen and oxygen atoms in total. The zero-order valence-electron chi connectivity index (χ0n) is 15.1. The van der Waals surface area contributed by atoms with Gasteiger partial charge in [0.05, 0.1) is 12.1 Å². The fourth-order valence-corrected chi connectivity index (χ4v) is 4.91. The Bertz CT molecular complexity index is 1040. The molecule has 3 heterocycles. The number of pyridine rings is 1. The Morgan fingerprint density at radius 3 is 2.79 bits per heavy atom. The van der Waals surface area contributed by atoms with Gasteiger partial charge in [0, 0.05) is 29.4 Å². The highest BCUT2D eigenvalue weighted by atomic mass is 19.1. The molecule has 28 heavy (non-hydrogen) atoms. The average molecular weight is 381 g/mol. The van der Waals surface area contributed by atoms with E-state index in [2.05, 4.69) is 25.3 Å². The number of aromatic amines is 1. The third-order valence-electron chi connectivity index (χ3n) is 6.24. The molecule has 3 aliphatic carbocycles. The van der Waals surface area contributed by atoms with Crippen molar-refractivity contribution in [2.24, 2.45) is 17.8 Å². The minimum Gasteiger partial charge on any atom is -0.481 e. The summed E-state index contributed by atoms with van der Waals surface area (Å²) in [6.45, 7) is 0. The summed E-state index contributed by atoms with van der Waals surface area (Å²) in [5.41, 5.74) is 1.43. The molecule has 3 aliphatic rings. The van der Waals surface area contributed by atoms with Gasteiger partial charge in [0.2, 0.25) is 0 Å². The molecule has 2 bridgehead atoms. The zero-order chi connectivity index (χ0) is 19.3. The van der Waals surface area contributed by atoms with Crippen LogP contribution in [0.4, 0.5) is 10.2 Å². The van der Waals surface area contributed by atoms with Gasteiger partial charge in [-0.05, 0) is 49.7 Å². The molecule has 0 amide bonds. The molecule has 0 radical (unpaired) electrons. The highest BCUT2D eigenvalue weighted by molar-refractivity contribution is 5.91. The first kappa shape index (κ1) is 17.1. The summed E-state index contributed by atoms with van der Waals surface area (Å²) in [5.74, 6) is -1.10. The van der Waals surface area contributed by atoms with Gasteiger partial charge >= 0.3 is 5.97 Å². The number of aromatic nitrogens is 4. The lowest BCUT2D eigenvalue weighted by molar-refractivity contribution is -0.148. The molecule has 3 aromatic rings. The molecular weight excluding hydrogens is 361 g/mol. The highest BCUT2D eigenvalue weighted by Crippen LogP contribution is 2.46. The number of carboxylic acid groups (broad SMARTS) is 1. The first-order valence-electron chi connectivity index (χ1n) is 9.56. The van der Waals surface area contributed by atoms with E-state index in [1.165, 1.54) is 0 Å². The van der Waals surface area contributed by atoms with Gasteiger partial charge < -0.3 is 15.4 Å². The molecule has 6 rings (SSSR count). The molecule has 2 atom stereocenters. The second-order valence-electron chi connectivity index (χ2n) is 7.70. The monoisotopic (exact) mass is 381 g/mol. The Morgan fingerprint density at radius 1 is 1.21 bits per heavy atom. The van der Waals surface area contributed by atoms with E-state index >= 15 is 0 Å². The Morgan fingerprint density at radius 2 is 2.00 bits per heavy atom. The number of carbonyl (C=O) groups is 1. The highest BCUT2D eigenvalue weighted by Gasteiger charge is 2.47. The summed E-state index contributed by atoms with van der Waals surface area (Å²) in [5, 5.41) is 13.7. The first-order chi connectivity index (χ1) is 13.6. The lowest BCUT2D eigenvalue weighted by Gasteiger charge is -2.47. The molecule has 0 spiro atoms. The molecule has 0 saturated heterocycles. The van der Waals surface area contributed by atoms with Crippen molar-refractivity contribution in [2.45, 2.75) is 31.7 Å². The number of fused-ring (bicyclic) bond motifs is 4. The number of anilines is 1. The van der Waals surface area contributed by atoms with Crippen molar-refractivity contribution in [3.63, 3.8) is 0 Å². The minimum absolute atomic E-state index is 0.0621. The van der Waals surface area contributed by atoms with Crippen molar-refractivity contribution in [1.82, 2.24) is 19.9 Å². The van der Waals surface area contributed by atoms with Gasteiger partial charge in [-0.1, -0.05) is 0 Å². The summed E-state index contributed by atoms with van der Waals surface area (Å²) >= 11 is 0. The van der Waals surface area contributed by atoms with Gasteiger partial charge in [-0.15, -0.1) is 0 Å². The number of nitrogens with zero attached hydrogens (tertiary/aromatic N) is 3. The first-order valence-corrected chi connectivity index (χ1v) is 9.56. The van der Waals surface area contributed by atoms with Crippen molar-refractivity contribution in [3.8, 4) is 11.4 Å². The maximum absolute atomic E-state index is 14.5. The molecule has 0 aromatic carbocycles. The van der Waals surface area contributed by atoms with Crippen LogP contribution in [-0.2, 0) is 4.79 Å². The van der Waals surface area contributed by atoms with E-state index in [-0.39, 0.29) is 23.7 Å². The number of hydrogen-bond acceptors (Lipinski definition) is 5. The van der Waals surface area contributed by atoms with Crippen LogP contribution in [0.15, 0.2) is 30.7 Å². The van der Waals surface area contributed by atoms with Crippen LogP contribution in [0.5, 0.6) is 0 Å². The summed E-state index contributed by atoms with van der Waals surface area (Å²) in [6, 6.07) is 3.40. The van der Waals surface area contributed by atoms with Crippen LogP contribution >= 0.6 is 0 Å². The molecule has 0 aliphatic heterocycles. The predicted molar refractivity (Wildman–Crippen MR) is 101 cm³/mol. The number of carboxylic acids is 1. The third-order valence-corrected chi connectivity index (χ3v) is 6.24. The van der Waals surface area contributed by atoms with E-state index in [0.717, 1.165) is 42.8 Å². The lowest BCUT2D eigenvalue weighted by atomic mass is 9.61. The van der Waals surface area contributed by atoms with Crippen molar-refractivity contribution in [3.05, 3.63) is 36.5 Å². The van der Waals surface area contributed by atoms with Gasteiger partial charge in [-0.2, -0.15) is 0 Å². The van der Waals surface area contributed by atoms with E-state index in [1.54, 1.807) is 12.4 Å². The number of H-pyrrole nitrogens is 1. The van der Waals surface area contributed by atoms with E-state index < -0.39 is 17.7 Å². The predicted octanol–water partition coefficient (Wildman–Crippen LogP) is 3.46. The van der Waals surface area contributed by atoms with Crippen LogP contribution in [0.25, 0.3) is 22.4 Å². The molecule has 8 heteroatoms. The van der Waals surface area contributed by atoms with Crippen LogP contribution < -0.4 is 5.32 Å². The Hall–Kier alpha value is -3.03. The molecule has 144 valence electrons. The zero-order valence-corrected chi connectivity index (χ0v) is 15.1. The quantitative estimate of drug-likeness (QED) is 0.639. The van der Waals surface area contributed by atoms with Gasteiger partial charge in [0.15, 0.2) is 17.5 Å². The molecule has 3 fully saturated rings. The minimum atomic E-state index is -0.815. The average Bonchev–Trinajstić information content (AvgIpc) is 3.14. The number of hydrogen-bond donors (Lipinski definition) is 3. The molecule has 1 unspecified atom stereocenters. The van der Waals surface area contributed by atoms with E-state index in [4.69, 9.17) is 0 Å². The standard InChI is InChI=1S/C20H20FN5O2/c21-14-9-24-18(13-8-23-17-12(13)2-1-7-22-17)26-19(14)25-16-11-5-3-10(4-6-11)15(16)20(27)28/h1-2,7-11,15-16H,3-6H2,(H,22,23)(H,27,28)(H,24,25,26)/t10?,11?,15?,16-/m1/s1. The molecule has 3 aromatic heterocycles. The van der Waals surface area contributed by atoms with Crippen molar-refractivity contribution >= 4 is 22.8 Å². The maximum atomic E-state index is 14.5. The van der Waals surface area contributed by atoms with Gasteiger partial charge in [-0.3, -0.25) is 4.79 Å². The van der Waals surface area contributed by atoms with E-state index in [1.807, 2.05) is 12.1 Å². The second kappa shape index (κ2) is 6.54. The Kier molecular flexibility index (Phi) is 3.99. The van der Waals surface area contributed by atoms with Crippen molar-refractivity contribution in [1.29, 1.82) is 0 Å². The largest absolute Gasteiger partial charge is 0.481 e. The van der Waals surface area contributed by atoms with Crippen LogP contribution in [0.1, 0.15) is 25.7 Å². The summed E-state index contributed by atoms with van der Waals surface area (Å²) in [6.07, 6.45) is 8.37. The van der Waals surface area contributed by atoms with Gasteiger partial charge in [0.25, 0.3) is 0 Å². The van der Waals surface area contributed by atoms with E-state index in [9.17, 15) is 14.3 Å². The second-order valence-corrected chi connectivity index (χ2v) is 7.70. The SMILES string of the molecule is O=C(O)C1C2CCC(CC2)[C@H]1Nc1nc(-c2c[nH]c3ncccc23)ncc1F. The Labute approximate surface area is 160 Å². The number of aliphatic carboxylic acids is 1. The fraction of sp³-hybridized carbons (Fsp3) is 0.400. The van der Waals surface area contributed by atoms with Crippen LogP contribution in [-0.4, -0.2) is 37.1 Å². The smallest absolute Gasteiger partial charge is 0.308 e. The summed E-state index contributed by atoms with van der Waals surface area (Å²) in [4.78, 5) is 27.7. The summed E-state index contributed by atoms with van der Waals surface area (Å²) in [7, 11) is 0. The third kappa shape index (κ3) is 2.71. The normalized spacial score (nSPS) is 26.5. The van der Waals surface area contributed by atoms with Crippen molar-refractivity contribution < 1.29 is 14.3 Å². The number of rotatable bonds is 4. The van der Waals surface area contributed by atoms with Gasteiger partial charge in [-0.25, -0.2) is 19.3 Å². The fourth-order valence-electron chi connectivity index (χ4n) is 4.91. The van der Waals surface area contributed by atoms with Gasteiger partial charge in [0.1, 0.15) is 5.65 Å². The lowest BCUT2D eigenvalue weighted by Crippen LogP contribution is -2.51. The molecule has 3 N–H and O–H groups in total. The number of nitrogens with one attached hydrogen (secondary N) is 2. The van der Waals surface area contributed by atoms with E-state index in [0.29, 0.717) is 11.5 Å². The number of halogens is 1. The molecular formula is C20H20FN5O2. The molecule has 3 saturated carbocycles. The summed E-state index contributed by atoms with van der Waals surface area (Å²) < 4.78 is 14.5. The maximum Gasteiger partial charge on any atom is 0.308 e. The van der Waals surface area contributed by atoms with Crippen LogP contribution in [0, 0.1) is 23.6 Å². The topological polar surface area (TPSA) is 104 Å². The Balaban J connectivity index is 1.50. The van der Waals surface area contributed by atoms with Crippen molar-refractivity contribution in [2.75, 3.05) is 5.32 Å².